The summed E-state index contributed by atoms with van der Waals surface area (Å²) in [4.78, 5) is 18.6. The molecule has 0 fully saturated rings. The Morgan fingerprint density at radius 1 is 1.30 bits per heavy atom. The Morgan fingerprint density at radius 2 is 2.13 bits per heavy atom. The Hall–Kier alpha value is -2.54. The SMILES string of the molecule is CN(CCc1noc(-c2ccccc2F)n1)C(=O)c1cccs1. The van der Waals surface area contributed by atoms with Gasteiger partial charge in [0, 0.05) is 20.0 Å². The topological polar surface area (TPSA) is 59.2 Å². The van der Waals surface area contributed by atoms with Crippen molar-refractivity contribution < 1.29 is 13.7 Å². The first-order valence-corrected chi connectivity index (χ1v) is 7.89. The lowest BCUT2D eigenvalue weighted by Gasteiger charge is -2.14. The fourth-order valence-electron chi connectivity index (χ4n) is 2.06. The van der Waals surface area contributed by atoms with E-state index in [0.717, 1.165) is 0 Å². The lowest BCUT2D eigenvalue weighted by atomic mass is 10.2. The predicted molar refractivity (Wildman–Crippen MR) is 84.7 cm³/mol. The van der Waals surface area contributed by atoms with Gasteiger partial charge in [-0.1, -0.05) is 23.4 Å². The fourth-order valence-corrected chi connectivity index (χ4v) is 2.77. The highest BCUT2D eigenvalue weighted by Crippen LogP contribution is 2.20. The number of hydrogen-bond acceptors (Lipinski definition) is 5. The third-order valence-corrected chi connectivity index (χ3v) is 4.18. The van der Waals surface area contributed by atoms with Crippen LogP contribution < -0.4 is 0 Å². The van der Waals surface area contributed by atoms with Gasteiger partial charge in [0.1, 0.15) is 5.82 Å². The van der Waals surface area contributed by atoms with Gasteiger partial charge in [0.2, 0.25) is 0 Å². The van der Waals surface area contributed by atoms with Crippen molar-refractivity contribution in [2.24, 2.45) is 0 Å². The van der Waals surface area contributed by atoms with Crippen molar-refractivity contribution in [2.75, 3.05) is 13.6 Å². The molecule has 0 N–H and O–H groups in total. The van der Waals surface area contributed by atoms with Crippen LogP contribution in [-0.2, 0) is 6.42 Å². The Bertz CT molecular complexity index is 801. The normalized spacial score (nSPS) is 10.7. The van der Waals surface area contributed by atoms with Gasteiger partial charge in [0.05, 0.1) is 10.4 Å². The quantitative estimate of drug-likeness (QED) is 0.720. The molecule has 0 aliphatic carbocycles. The van der Waals surface area contributed by atoms with Crippen molar-refractivity contribution in [1.29, 1.82) is 0 Å². The first kappa shape index (κ1) is 15.4. The number of rotatable bonds is 5. The second kappa shape index (κ2) is 6.70. The van der Waals surface area contributed by atoms with Crippen LogP contribution >= 0.6 is 11.3 Å². The molecule has 0 radical (unpaired) electrons. The summed E-state index contributed by atoms with van der Waals surface area (Å²) in [6.45, 7) is 0.451. The second-order valence-corrected chi connectivity index (χ2v) is 5.90. The number of likely N-dealkylation sites (N-methyl/N-ethyl adjacent to an activating group) is 1. The van der Waals surface area contributed by atoms with E-state index in [0.29, 0.717) is 23.7 Å². The van der Waals surface area contributed by atoms with E-state index in [9.17, 15) is 9.18 Å². The largest absolute Gasteiger partial charge is 0.341 e. The molecule has 0 aliphatic heterocycles. The maximum atomic E-state index is 13.7. The van der Waals surface area contributed by atoms with Gasteiger partial charge in [-0.2, -0.15) is 4.98 Å². The van der Waals surface area contributed by atoms with Crippen LogP contribution in [0.25, 0.3) is 11.5 Å². The van der Waals surface area contributed by atoms with E-state index in [1.54, 1.807) is 36.2 Å². The third-order valence-electron chi connectivity index (χ3n) is 3.32. The molecule has 118 valence electrons. The Kier molecular flexibility index (Phi) is 4.47. The first-order valence-electron chi connectivity index (χ1n) is 7.01. The summed E-state index contributed by atoms with van der Waals surface area (Å²) in [6, 6.07) is 9.85. The lowest BCUT2D eigenvalue weighted by Crippen LogP contribution is -2.28. The van der Waals surface area contributed by atoms with Gasteiger partial charge in [0.15, 0.2) is 5.82 Å². The number of amides is 1. The molecule has 2 heterocycles. The van der Waals surface area contributed by atoms with E-state index in [1.165, 1.54) is 17.4 Å². The molecule has 1 amide bonds. The Morgan fingerprint density at radius 3 is 2.87 bits per heavy atom. The highest BCUT2D eigenvalue weighted by Gasteiger charge is 2.15. The summed E-state index contributed by atoms with van der Waals surface area (Å²) in [5.41, 5.74) is 0.272. The molecule has 0 unspecified atom stereocenters. The molecule has 0 bridgehead atoms. The summed E-state index contributed by atoms with van der Waals surface area (Å²) in [7, 11) is 1.72. The van der Waals surface area contributed by atoms with Crippen LogP contribution in [0.15, 0.2) is 46.3 Å². The number of halogens is 1. The van der Waals surface area contributed by atoms with Gasteiger partial charge in [-0.15, -0.1) is 11.3 Å². The van der Waals surface area contributed by atoms with E-state index >= 15 is 0 Å². The summed E-state index contributed by atoms with van der Waals surface area (Å²) in [5, 5.41) is 5.70. The van der Waals surface area contributed by atoms with Crippen LogP contribution in [0, 0.1) is 5.82 Å². The predicted octanol–water partition coefficient (Wildman–Crippen LogP) is 3.25. The minimum Gasteiger partial charge on any atom is -0.341 e. The number of carbonyl (C=O) groups is 1. The van der Waals surface area contributed by atoms with Crippen molar-refractivity contribution >= 4 is 17.2 Å². The Balaban J connectivity index is 1.64. The molecule has 23 heavy (non-hydrogen) atoms. The number of aromatic nitrogens is 2. The zero-order chi connectivity index (χ0) is 16.2. The molecule has 3 aromatic rings. The Labute approximate surface area is 136 Å². The van der Waals surface area contributed by atoms with Crippen LogP contribution in [0.5, 0.6) is 0 Å². The molecule has 0 atom stereocenters. The summed E-state index contributed by atoms with van der Waals surface area (Å²) >= 11 is 1.40. The number of carbonyl (C=O) groups excluding carboxylic acids is 1. The van der Waals surface area contributed by atoms with Gasteiger partial charge in [0.25, 0.3) is 11.8 Å². The monoisotopic (exact) mass is 331 g/mol. The van der Waals surface area contributed by atoms with Crippen LogP contribution in [0.1, 0.15) is 15.5 Å². The van der Waals surface area contributed by atoms with Gasteiger partial charge in [-0.25, -0.2) is 4.39 Å². The molecule has 0 spiro atoms. The van der Waals surface area contributed by atoms with Gasteiger partial charge >= 0.3 is 0 Å². The van der Waals surface area contributed by atoms with Crippen LogP contribution in [-0.4, -0.2) is 34.5 Å². The molecule has 3 rings (SSSR count). The minimum atomic E-state index is -0.410. The summed E-state index contributed by atoms with van der Waals surface area (Å²) in [5.74, 6) is 0.130. The van der Waals surface area contributed by atoms with Crippen molar-refractivity contribution in [1.82, 2.24) is 15.0 Å². The molecule has 7 heteroatoms. The standard InChI is InChI=1S/C16H14FN3O2S/c1-20(16(21)13-7-4-10-23-13)9-8-14-18-15(22-19-14)11-5-2-3-6-12(11)17/h2-7,10H,8-9H2,1H3. The molecule has 0 saturated heterocycles. The van der Waals surface area contributed by atoms with Gasteiger partial charge < -0.3 is 9.42 Å². The molecular formula is C16H14FN3O2S. The number of nitrogens with zero attached hydrogens (tertiary/aromatic N) is 3. The maximum Gasteiger partial charge on any atom is 0.263 e. The smallest absolute Gasteiger partial charge is 0.263 e. The van der Waals surface area contributed by atoms with E-state index < -0.39 is 5.82 Å². The molecule has 1 aromatic carbocycles. The van der Waals surface area contributed by atoms with Gasteiger partial charge in [-0.05, 0) is 23.6 Å². The fraction of sp³-hybridized carbons (Fsp3) is 0.188. The molecule has 2 aromatic heterocycles. The highest BCUT2D eigenvalue weighted by molar-refractivity contribution is 7.12. The van der Waals surface area contributed by atoms with Crippen molar-refractivity contribution in [3.63, 3.8) is 0 Å². The summed E-state index contributed by atoms with van der Waals surface area (Å²) < 4.78 is 18.8. The lowest BCUT2D eigenvalue weighted by molar-refractivity contribution is 0.0800. The molecule has 5 nitrogen and oxygen atoms in total. The third kappa shape index (κ3) is 3.45. The average molecular weight is 331 g/mol. The minimum absolute atomic E-state index is 0.0437. The van der Waals surface area contributed by atoms with Crippen LogP contribution in [0.2, 0.25) is 0 Å². The summed E-state index contributed by atoms with van der Waals surface area (Å²) in [6.07, 6.45) is 0.436. The van der Waals surface area contributed by atoms with E-state index in [-0.39, 0.29) is 17.4 Å². The van der Waals surface area contributed by atoms with E-state index in [4.69, 9.17) is 4.52 Å². The highest BCUT2D eigenvalue weighted by atomic mass is 32.1. The van der Waals surface area contributed by atoms with Crippen molar-refractivity contribution in [3.8, 4) is 11.5 Å². The zero-order valence-electron chi connectivity index (χ0n) is 12.4. The maximum absolute atomic E-state index is 13.7. The van der Waals surface area contributed by atoms with Gasteiger partial charge in [-0.3, -0.25) is 4.79 Å². The van der Waals surface area contributed by atoms with E-state index in [1.807, 2.05) is 11.4 Å². The van der Waals surface area contributed by atoms with Crippen molar-refractivity contribution in [2.45, 2.75) is 6.42 Å². The van der Waals surface area contributed by atoms with Crippen molar-refractivity contribution in [3.05, 3.63) is 58.3 Å². The van der Waals surface area contributed by atoms with E-state index in [2.05, 4.69) is 10.1 Å². The van der Waals surface area contributed by atoms with Crippen LogP contribution in [0.3, 0.4) is 0 Å². The first-order chi connectivity index (χ1) is 11.1. The molecule has 0 aliphatic rings. The number of hydrogen-bond donors (Lipinski definition) is 0. The average Bonchev–Trinajstić information content (AvgIpc) is 3.24. The van der Waals surface area contributed by atoms with Crippen LogP contribution in [0.4, 0.5) is 4.39 Å². The second-order valence-electron chi connectivity index (χ2n) is 4.95. The zero-order valence-corrected chi connectivity index (χ0v) is 13.2. The molecular weight excluding hydrogens is 317 g/mol. The number of benzene rings is 1. The number of thiophene rings is 1. The molecule has 0 saturated carbocycles.